The molecule has 0 radical (unpaired) electrons. The number of carbonyl (C=O) groups excluding carboxylic acids is 1. The van der Waals surface area contributed by atoms with Gasteiger partial charge in [0.05, 0.1) is 6.61 Å². The zero-order valence-electron chi connectivity index (χ0n) is 11.7. The smallest absolute Gasteiger partial charge is 0.326 e. The molecule has 0 spiro atoms. The van der Waals surface area contributed by atoms with E-state index in [1.807, 2.05) is 6.92 Å². The van der Waals surface area contributed by atoms with Crippen molar-refractivity contribution in [2.24, 2.45) is 0 Å². The zero-order valence-corrected chi connectivity index (χ0v) is 11.7. The standard InChI is InChI=1S/C14H20N2O4/c1-3-9-20-11-7-5-10(6-8-11)15-14(19)16-12(4-2)13(17)18/h5-8,12H,3-4,9H2,1-2H3,(H,17,18)(H2,15,16,19). The fraction of sp³-hybridized carbons (Fsp3) is 0.429. The second kappa shape index (κ2) is 8.04. The molecule has 110 valence electrons. The van der Waals surface area contributed by atoms with Gasteiger partial charge < -0.3 is 20.5 Å². The van der Waals surface area contributed by atoms with Gasteiger partial charge in [-0.25, -0.2) is 9.59 Å². The number of carbonyl (C=O) groups is 2. The summed E-state index contributed by atoms with van der Waals surface area (Å²) in [6.07, 6.45) is 1.25. The Bertz CT molecular complexity index is 445. The maximum absolute atomic E-state index is 11.6. The normalized spacial score (nSPS) is 11.5. The fourth-order valence-electron chi connectivity index (χ4n) is 1.52. The Labute approximate surface area is 118 Å². The van der Waals surface area contributed by atoms with Crippen molar-refractivity contribution < 1.29 is 19.4 Å². The number of carboxylic acids is 1. The number of nitrogens with one attached hydrogen (secondary N) is 2. The molecule has 2 amide bonds. The lowest BCUT2D eigenvalue weighted by Crippen LogP contribution is -2.42. The number of anilines is 1. The first-order chi connectivity index (χ1) is 9.56. The summed E-state index contributed by atoms with van der Waals surface area (Å²) in [5.74, 6) is -0.319. The van der Waals surface area contributed by atoms with Crippen LogP contribution in [0.5, 0.6) is 5.75 Å². The molecule has 20 heavy (non-hydrogen) atoms. The SMILES string of the molecule is CCCOc1ccc(NC(=O)NC(CC)C(=O)O)cc1. The summed E-state index contributed by atoms with van der Waals surface area (Å²) in [5, 5.41) is 13.8. The van der Waals surface area contributed by atoms with Crippen LogP contribution in [0.15, 0.2) is 24.3 Å². The average molecular weight is 280 g/mol. The number of ether oxygens (including phenoxy) is 1. The highest BCUT2D eigenvalue weighted by molar-refractivity contribution is 5.92. The van der Waals surface area contributed by atoms with Gasteiger partial charge in [0.1, 0.15) is 11.8 Å². The molecule has 1 aromatic carbocycles. The molecule has 0 aliphatic carbocycles. The van der Waals surface area contributed by atoms with Crippen LogP contribution in [0.2, 0.25) is 0 Å². The molecule has 1 aromatic rings. The average Bonchev–Trinajstić information content (AvgIpc) is 2.43. The van der Waals surface area contributed by atoms with E-state index in [1.54, 1.807) is 31.2 Å². The Morgan fingerprint density at radius 3 is 2.40 bits per heavy atom. The number of hydrogen-bond donors (Lipinski definition) is 3. The van der Waals surface area contributed by atoms with E-state index >= 15 is 0 Å². The predicted octanol–water partition coefficient (Wildman–Crippen LogP) is 2.46. The summed E-state index contributed by atoms with van der Waals surface area (Å²) in [6.45, 7) is 4.36. The molecule has 1 rings (SSSR count). The van der Waals surface area contributed by atoms with Gasteiger partial charge in [0.15, 0.2) is 0 Å². The van der Waals surface area contributed by atoms with E-state index in [-0.39, 0.29) is 0 Å². The van der Waals surface area contributed by atoms with Crippen LogP contribution in [0.4, 0.5) is 10.5 Å². The highest BCUT2D eigenvalue weighted by Crippen LogP contribution is 2.15. The van der Waals surface area contributed by atoms with Gasteiger partial charge in [-0.2, -0.15) is 0 Å². The number of aliphatic carboxylic acids is 1. The molecule has 0 fully saturated rings. The van der Waals surface area contributed by atoms with Crippen LogP contribution < -0.4 is 15.4 Å². The summed E-state index contributed by atoms with van der Waals surface area (Å²) in [7, 11) is 0. The molecular formula is C14H20N2O4. The third-order valence-electron chi connectivity index (χ3n) is 2.60. The number of rotatable bonds is 7. The van der Waals surface area contributed by atoms with Crippen LogP contribution in [-0.2, 0) is 4.79 Å². The van der Waals surface area contributed by atoms with Crippen molar-refractivity contribution >= 4 is 17.7 Å². The highest BCUT2D eigenvalue weighted by atomic mass is 16.5. The predicted molar refractivity (Wildman–Crippen MR) is 76.1 cm³/mol. The zero-order chi connectivity index (χ0) is 15.0. The van der Waals surface area contributed by atoms with Gasteiger partial charge in [0.2, 0.25) is 0 Å². The molecule has 6 heteroatoms. The second-order valence-electron chi connectivity index (χ2n) is 4.27. The van der Waals surface area contributed by atoms with Gasteiger partial charge in [-0.1, -0.05) is 13.8 Å². The molecule has 0 bridgehead atoms. The number of carboxylic acid groups (broad SMARTS) is 1. The number of hydrogen-bond acceptors (Lipinski definition) is 3. The largest absolute Gasteiger partial charge is 0.494 e. The van der Waals surface area contributed by atoms with Gasteiger partial charge in [-0.3, -0.25) is 0 Å². The van der Waals surface area contributed by atoms with E-state index in [9.17, 15) is 9.59 Å². The minimum Gasteiger partial charge on any atom is -0.494 e. The second-order valence-corrected chi connectivity index (χ2v) is 4.27. The molecule has 0 aliphatic heterocycles. The van der Waals surface area contributed by atoms with E-state index < -0.39 is 18.0 Å². The van der Waals surface area contributed by atoms with Crippen molar-refractivity contribution in [3.63, 3.8) is 0 Å². The maximum Gasteiger partial charge on any atom is 0.326 e. The lowest BCUT2D eigenvalue weighted by Gasteiger charge is -2.13. The summed E-state index contributed by atoms with van der Waals surface area (Å²) in [5.41, 5.74) is 0.576. The lowest BCUT2D eigenvalue weighted by atomic mass is 10.2. The number of benzene rings is 1. The summed E-state index contributed by atoms with van der Waals surface area (Å²) >= 11 is 0. The Morgan fingerprint density at radius 1 is 1.25 bits per heavy atom. The van der Waals surface area contributed by atoms with Crippen molar-refractivity contribution in [1.82, 2.24) is 5.32 Å². The Balaban J connectivity index is 2.51. The Kier molecular flexibility index (Phi) is 6.36. The van der Waals surface area contributed by atoms with E-state index in [0.29, 0.717) is 18.7 Å². The summed E-state index contributed by atoms with van der Waals surface area (Å²) in [4.78, 5) is 22.4. The Morgan fingerprint density at radius 2 is 1.90 bits per heavy atom. The van der Waals surface area contributed by atoms with Crippen LogP contribution in [0.3, 0.4) is 0 Å². The fourth-order valence-corrected chi connectivity index (χ4v) is 1.52. The molecule has 1 atom stereocenters. The van der Waals surface area contributed by atoms with Gasteiger partial charge in [0, 0.05) is 5.69 Å². The molecule has 1 unspecified atom stereocenters. The molecule has 6 nitrogen and oxygen atoms in total. The minimum absolute atomic E-state index is 0.326. The number of urea groups is 1. The topological polar surface area (TPSA) is 87.7 Å². The molecule has 0 aliphatic rings. The van der Waals surface area contributed by atoms with Crippen LogP contribution in [0, 0.1) is 0 Å². The van der Waals surface area contributed by atoms with Crippen LogP contribution in [0.25, 0.3) is 0 Å². The maximum atomic E-state index is 11.6. The van der Waals surface area contributed by atoms with E-state index in [1.165, 1.54) is 0 Å². The van der Waals surface area contributed by atoms with Crippen molar-refractivity contribution in [3.8, 4) is 5.75 Å². The van der Waals surface area contributed by atoms with Gasteiger partial charge >= 0.3 is 12.0 Å². The van der Waals surface area contributed by atoms with E-state index in [4.69, 9.17) is 9.84 Å². The minimum atomic E-state index is -1.05. The number of amides is 2. The molecule has 0 aromatic heterocycles. The van der Waals surface area contributed by atoms with Crippen molar-refractivity contribution in [2.75, 3.05) is 11.9 Å². The quantitative estimate of drug-likeness (QED) is 0.716. The van der Waals surface area contributed by atoms with Crippen LogP contribution in [-0.4, -0.2) is 29.8 Å². The monoisotopic (exact) mass is 280 g/mol. The van der Waals surface area contributed by atoms with E-state index in [0.717, 1.165) is 12.2 Å². The summed E-state index contributed by atoms with van der Waals surface area (Å²) in [6, 6.07) is 5.47. The highest BCUT2D eigenvalue weighted by Gasteiger charge is 2.17. The molecule has 0 heterocycles. The van der Waals surface area contributed by atoms with E-state index in [2.05, 4.69) is 10.6 Å². The first-order valence-electron chi connectivity index (χ1n) is 6.60. The third kappa shape index (κ3) is 5.17. The lowest BCUT2D eigenvalue weighted by molar-refractivity contribution is -0.139. The first kappa shape index (κ1) is 15.8. The van der Waals surface area contributed by atoms with Crippen LogP contribution in [0.1, 0.15) is 26.7 Å². The summed E-state index contributed by atoms with van der Waals surface area (Å²) < 4.78 is 5.42. The molecular weight excluding hydrogens is 260 g/mol. The van der Waals surface area contributed by atoms with Crippen LogP contribution >= 0.6 is 0 Å². The Hall–Kier alpha value is -2.24. The van der Waals surface area contributed by atoms with Gasteiger partial charge in [0.25, 0.3) is 0 Å². The van der Waals surface area contributed by atoms with Crippen molar-refractivity contribution in [1.29, 1.82) is 0 Å². The molecule has 0 saturated carbocycles. The molecule has 3 N–H and O–H groups in total. The molecule has 0 saturated heterocycles. The third-order valence-corrected chi connectivity index (χ3v) is 2.60. The first-order valence-corrected chi connectivity index (χ1v) is 6.60. The van der Waals surface area contributed by atoms with Gasteiger partial charge in [-0.15, -0.1) is 0 Å². The van der Waals surface area contributed by atoms with Crippen molar-refractivity contribution in [3.05, 3.63) is 24.3 Å². The van der Waals surface area contributed by atoms with Gasteiger partial charge in [-0.05, 0) is 37.1 Å². The van der Waals surface area contributed by atoms with Crippen molar-refractivity contribution in [2.45, 2.75) is 32.7 Å².